The highest BCUT2D eigenvalue weighted by atomic mass is 16.7. The van der Waals surface area contributed by atoms with Crippen molar-refractivity contribution >= 4 is 17.4 Å². The van der Waals surface area contributed by atoms with Crippen molar-refractivity contribution in [3.63, 3.8) is 0 Å². The fraction of sp³-hybridized carbons (Fsp3) is 0.643. The van der Waals surface area contributed by atoms with E-state index in [4.69, 9.17) is 23.9 Å². The van der Waals surface area contributed by atoms with Gasteiger partial charge in [-0.3, -0.25) is 9.89 Å². The quantitative estimate of drug-likeness (QED) is 0.293. The molecule has 3 fully saturated rings. The molecule has 214 valence electrons. The number of hydrogen-bond acceptors (Lipinski definition) is 10. The fourth-order valence-electron chi connectivity index (χ4n) is 6.81. The van der Waals surface area contributed by atoms with Crippen molar-refractivity contribution in [1.82, 2.24) is 4.90 Å². The first-order valence-electron chi connectivity index (χ1n) is 13.5. The van der Waals surface area contributed by atoms with Crippen LogP contribution in [0.5, 0.6) is 5.75 Å². The summed E-state index contributed by atoms with van der Waals surface area (Å²) < 4.78 is 23.4. The number of methoxy groups -OCH3 is 2. The molecule has 0 amide bonds. The Labute approximate surface area is 227 Å². The summed E-state index contributed by atoms with van der Waals surface area (Å²) in [6.45, 7) is 5.00. The monoisotopic (exact) mass is 546 g/mol. The first-order chi connectivity index (χ1) is 18.7. The number of hydrogen-bond donors (Lipinski definition) is 4. The van der Waals surface area contributed by atoms with Crippen LogP contribution in [0.15, 0.2) is 35.0 Å². The van der Waals surface area contributed by atoms with Crippen LogP contribution in [-0.2, 0) is 24.6 Å². The van der Waals surface area contributed by atoms with E-state index < -0.39 is 42.3 Å². The maximum Gasteiger partial charge on any atom is 0.334 e. The second kappa shape index (κ2) is 10.8. The van der Waals surface area contributed by atoms with E-state index in [-0.39, 0.29) is 23.5 Å². The molecule has 4 aliphatic heterocycles. The first kappa shape index (κ1) is 28.0. The normalized spacial score (nSPS) is 38.3. The van der Waals surface area contributed by atoms with E-state index in [1.165, 1.54) is 13.4 Å². The highest BCUT2D eigenvalue weighted by Gasteiger charge is 2.58. The van der Waals surface area contributed by atoms with Crippen molar-refractivity contribution < 1.29 is 44.2 Å². The summed E-state index contributed by atoms with van der Waals surface area (Å²) in [4.78, 5) is 19.6. The number of aliphatic hydroxyl groups is 3. The number of carboxylic acid groups (broad SMARTS) is 1. The van der Waals surface area contributed by atoms with Crippen LogP contribution < -0.4 is 4.74 Å². The van der Waals surface area contributed by atoms with Crippen LogP contribution >= 0.6 is 0 Å². The first-order valence-corrected chi connectivity index (χ1v) is 13.5. The molecule has 0 saturated carbocycles. The third-order valence-corrected chi connectivity index (χ3v) is 8.85. The molecule has 9 atom stereocenters. The molecule has 0 spiro atoms. The molecule has 11 heteroatoms. The molecular formula is C28H38N2O9. The molecule has 5 unspecified atom stereocenters. The van der Waals surface area contributed by atoms with Crippen LogP contribution in [0, 0.1) is 11.8 Å². The predicted molar refractivity (Wildman–Crippen MR) is 140 cm³/mol. The second-order valence-electron chi connectivity index (χ2n) is 10.9. The minimum absolute atomic E-state index is 0.118. The lowest BCUT2D eigenvalue weighted by molar-refractivity contribution is -0.315. The molecule has 4 aliphatic rings. The Bertz CT molecular complexity index is 1160. The van der Waals surface area contributed by atoms with Gasteiger partial charge in [0.05, 0.1) is 55.2 Å². The van der Waals surface area contributed by atoms with Gasteiger partial charge in [0, 0.05) is 13.1 Å². The highest BCUT2D eigenvalue weighted by Crippen LogP contribution is 2.54. The molecule has 3 saturated heterocycles. The zero-order valence-corrected chi connectivity index (χ0v) is 22.7. The molecule has 4 heterocycles. The van der Waals surface area contributed by atoms with E-state index in [1.807, 2.05) is 18.2 Å². The Morgan fingerprint density at radius 3 is 2.67 bits per heavy atom. The van der Waals surface area contributed by atoms with Gasteiger partial charge in [-0.15, -0.1) is 0 Å². The van der Waals surface area contributed by atoms with E-state index in [9.17, 15) is 25.2 Å². The Kier molecular flexibility index (Phi) is 7.75. The van der Waals surface area contributed by atoms with Gasteiger partial charge >= 0.3 is 5.97 Å². The summed E-state index contributed by atoms with van der Waals surface area (Å²) in [6, 6.07) is 5.30. The number of benzene rings is 1. The van der Waals surface area contributed by atoms with E-state index >= 15 is 0 Å². The number of aliphatic imine (C=N–C) groups is 1. The molecule has 5 rings (SSSR count). The minimum Gasteiger partial charge on any atom is -0.504 e. The maximum absolute atomic E-state index is 12.2. The smallest absolute Gasteiger partial charge is 0.334 e. The number of rotatable bonds is 7. The standard InChI is InChI=1S/C28H38N2O9/c1-5-15-12-30-10-9-28(39-27-24(33)23(32)22(31)14(2)38-27)21-18(7-6-8-20(21)37-4)29-25(28)19(30)11-16(15)17(13-36-3)26(34)35/h6-8,13-16,19,22-24,27,31-33H,5,9-12H2,1-4H3,(H,34,35)/b17-13+/t14?,15-,16+,19+,22?,23?,24?,27?,28+/m1/s1. The number of ether oxygens (including phenoxy) is 4. The van der Waals surface area contributed by atoms with Crippen LogP contribution in [0.4, 0.5) is 5.69 Å². The average Bonchev–Trinajstić information content (AvgIpc) is 3.27. The van der Waals surface area contributed by atoms with Crippen molar-refractivity contribution in [2.75, 3.05) is 27.3 Å². The fourth-order valence-corrected chi connectivity index (χ4v) is 6.81. The van der Waals surface area contributed by atoms with Gasteiger partial charge in [0.15, 0.2) is 6.29 Å². The molecular weight excluding hydrogens is 508 g/mol. The lowest BCUT2D eigenvalue weighted by atomic mass is 9.70. The van der Waals surface area contributed by atoms with Crippen LogP contribution in [0.3, 0.4) is 0 Å². The number of nitrogens with zero attached hydrogens (tertiary/aromatic N) is 2. The molecule has 0 bridgehead atoms. The summed E-state index contributed by atoms with van der Waals surface area (Å²) >= 11 is 0. The molecule has 4 N–H and O–H groups in total. The third-order valence-electron chi connectivity index (χ3n) is 8.85. The van der Waals surface area contributed by atoms with Gasteiger partial charge in [-0.05, 0) is 43.7 Å². The average molecular weight is 547 g/mol. The topological polar surface area (TPSA) is 151 Å². The second-order valence-corrected chi connectivity index (χ2v) is 10.9. The Balaban J connectivity index is 1.58. The van der Waals surface area contributed by atoms with Crippen molar-refractivity contribution in [3.8, 4) is 5.75 Å². The summed E-state index contributed by atoms with van der Waals surface area (Å²) in [5.74, 6) is -0.591. The van der Waals surface area contributed by atoms with Gasteiger partial charge in [-0.2, -0.15) is 0 Å². The lowest BCUT2D eigenvalue weighted by Crippen LogP contribution is -2.64. The molecule has 39 heavy (non-hydrogen) atoms. The van der Waals surface area contributed by atoms with E-state index in [1.54, 1.807) is 14.0 Å². The molecule has 0 radical (unpaired) electrons. The van der Waals surface area contributed by atoms with E-state index in [2.05, 4.69) is 11.8 Å². The Hall–Kier alpha value is -2.54. The van der Waals surface area contributed by atoms with E-state index in [0.29, 0.717) is 48.6 Å². The number of fused-ring (bicyclic) bond motifs is 5. The van der Waals surface area contributed by atoms with Gasteiger partial charge in [-0.1, -0.05) is 19.4 Å². The molecule has 0 aromatic heterocycles. The van der Waals surface area contributed by atoms with Gasteiger partial charge in [0.1, 0.15) is 29.7 Å². The van der Waals surface area contributed by atoms with Crippen molar-refractivity contribution in [2.45, 2.75) is 75.5 Å². The Morgan fingerprint density at radius 1 is 1.23 bits per heavy atom. The van der Waals surface area contributed by atoms with Gasteiger partial charge in [-0.25, -0.2) is 4.79 Å². The maximum atomic E-state index is 12.2. The molecule has 11 nitrogen and oxygen atoms in total. The highest BCUT2D eigenvalue weighted by molar-refractivity contribution is 6.05. The van der Waals surface area contributed by atoms with Crippen LogP contribution in [0.1, 0.15) is 38.7 Å². The van der Waals surface area contributed by atoms with Gasteiger partial charge < -0.3 is 39.4 Å². The summed E-state index contributed by atoms with van der Waals surface area (Å²) in [6.07, 6.45) is -3.10. The SMILES string of the molecule is CC[C@@H]1CN2CC[C@@]3(OC4OC(C)C(O)C(O)C4O)C(=Nc4cccc(OC)c43)[C@@H]2C[C@@H]1/C(=C\OC)C(=O)O. The largest absolute Gasteiger partial charge is 0.504 e. The number of piperidine rings is 2. The van der Waals surface area contributed by atoms with Crippen LogP contribution in [-0.4, -0.2) is 101 Å². The summed E-state index contributed by atoms with van der Waals surface area (Å²) in [5.41, 5.74) is 1.16. The minimum atomic E-state index is -1.49. The van der Waals surface area contributed by atoms with Gasteiger partial charge in [0.25, 0.3) is 0 Å². The van der Waals surface area contributed by atoms with Crippen LogP contribution in [0.25, 0.3) is 0 Å². The number of aliphatic hydroxyl groups excluding tert-OH is 3. The third kappa shape index (κ3) is 4.55. The predicted octanol–water partition coefficient (Wildman–Crippen LogP) is 1.56. The number of aliphatic carboxylic acids is 1. The molecule has 1 aromatic carbocycles. The zero-order valence-electron chi connectivity index (χ0n) is 22.7. The number of carboxylic acids is 1. The lowest BCUT2D eigenvalue weighted by Gasteiger charge is -2.52. The zero-order chi connectivity index (χ0) is 28.1. The molecule has 0 aliphatic carbocycles. The summed E-state index contributed by atoms with van der Waals surface area (Å²) in [7, 11) is 3.02. The van der Waals surface area contributed by atoms with Crippen molar-refractivity contribution in [2.24, 2.45) is 16.8 Å². The Morgan fingerprint density at radius 2 is 2.00 bits per heavy atom. The van der Waals surface area contributed by atoms with Crippen molar-refractivity contribution in [1.29, 1.82) is 0 Å². The van der Waals surface area contributed by atoms with Gasteiger partial charge in [0.2, 0.25) is 0 Å². The summed E-state index contributed by atoms with van der Waals surface area (Å²) in [5, 5.41) is 41.6. The van der Waals surface area contributed by atoms with Crippen molar-refractivity contribution in [3.05, 3.63) is 35.6 Å². The number of carbonyl (C=O) groups is 1. The van der Waals surface area contributed by atoms with Crippen LogP contribution in [0.2, 0.25) is 0 Å². The molecule has 1 aromatic rings. The van der Waals surface area contributed by atoms with E-state index in [0.717, 1.165) is 6.42 Å².